The van der Waals surface area contributed by atoms with Crippen molar-refractivity contribution in [3.05, 3.63) is 39.8 Å². The predicted octanol–water partition coefficient (Wildman–Crippen LogP) is 2.36. The Labute approximate surface area is 126 Å². The lowest BCUT2D eigenvalue weighted by Crippen LogP contribution is -2.26. The van der Waals surface area contributed by atoms with E-state index in [-0.39, 0.29) is 12.7 Å². The lowest BCUT2D eigenvalue weighted by Gasteiger charge is -2.24. The second-order valence-corrected chi connectivity index (χ2v) is 6.26. The Kier molecular flexibility index (Phi) is 3.41. The summed E-state index contributed by atoms with van der Waals surface area (Å²) in [6, 6.07) is 4.21. The summed E-state index contributed by atoms with van der Waals surface area (Å²) >= 11 is 0. The Morgan fingerprint density at radius 1 is 1.50 bits per heavy atom. The van der Waals surface area contributed by atoms with E-state index in [0.717, 1.165) is 5.69 Å². The fourth-order valence-electron chi connectivity index (χ4n) is 2.63. The zero-order valence-electron chi connectivity index (χ0n) is 12.4. The number of ether oxygens (including phenoxy) is 1. The third-order valence-corrected chi connectivity index (χ3v) is 4.04. The summed E-state index contributed by atoms with van der Waals surface area (Å²) in [5.41, 5.74) is 0.301. The fraction of sp³-hybridized carbons (Fsp3) is 0.467. The smallest absolute Gasteiger partial charge is 0.305 e. The molecule has 0 unspecified atom stereocenters. The van der Waals surface area contributed by atoms with Crippen LogP contribution in [0, 0.1) is 15.9 Å². The number of aliphatic hydroxyl groups is 1. The van der Waals surface area contributed by atoms with Crippen molar-refractivity contribution < 1.29 is 19.2 Å². The maximum absolute atomic E-state index is 14.0. The average molecular weight is 308 g/mol. The molecule has 0 amide bonds. The summed E-state index contributed by atoms with van der Waals surface area (Å²) < 4.78 is 21.1. The highest BCUT2D eigenvalue weighted by Crippen LogP contribution is 2.34. The average Bonchev–Trinajstić information content (AvgIpc) is 3.20. The van der Waals surface area contributed by atoms with Gasteiger partial charge in [-0.05, 0) is 6.07 Å². The minimum atomic E-state index is -0.859. The molecule has 0 aliphatic carbocycles. The topological polar surface area (TPSA) is 80.8 Å². The van der Waals surface area contributed by atoms with Gasteiger partial charge < -0.3 is 14.4 Å². The molecule has 2 aromatic rings. The summed E-state index contributed by atoms with van der Waals surface area (Å²) in [6.07, 6.45) is 0.0714. The van der Waals surface area contributed by atoms with Crippen LogP contribution in [0.1, 0.15) is 19.5 Å². The third kappa shape index (κ3) is 2.46. The zero-order valence-corrected chi connectivity index (χ0v) is 12.4. The van der Waals surface area contributed by atoms with Gasteiger partial charge in [-0.1, -0.05) is 13.8 Å². The Morgan fingerprint density at radius 3 is 2.73 bits per heavy atom. The van der Waals surface area contributed by atoms with E-state index in [0.29, 0.717) is 24.1 Å². The molecule has 1 aromatic heterocycles. The van der Waals surface area contributed by atoms with Crippen molar-refractivity contribution in [3.8, 4) is 0 Å². The Balaban J connectivity index is 2.23. The van der Waals surface area contributed by atoms with Crippen LogP contribution < -0.4 is 0 Å². The van der Waals surface area contributed by atoms with E-state index in [2.05, 4.69) is 0 Å². The number of rotatable bonds is 5. The SMILES string of the molecule is CC(C)(CO)c1cc2cc([N+](=O)[O-])c(F)cc2n1C[C@H]1CO1. The van der Waals surface area contributed by atoms with Gasteiger partial charge in [-0.15, -0.1) is 0 Å². The van der Waals surface area contributed by atoms with Crippen molar-refractivity contribution in [2.75, 3.05) is 13.2 Å². The van der Waals surface area contributed by atoms with Crippen LogP contribution >= 0.6 is 0 Å². The van der Waals surface area contributed by atoms with E-state index in [1.165, 1.54) is 12.1 Å². The first kappa shape index (κ1) is 14.9. The van der Waals surface area contributed by atoms with Crippen molar-refractivity contribution >= 4 is 16.6 Å². The highest BCUT2D eigenvalue weighted by Gasteiger charge is 2.31. The molecule has 0 saturated carbocycles. The third-order valence-electron chi connectivity index (χ3n) is 4.04. The minimum Gasteiger partial charge on any atom is -0.395 e. The number of halogens is 1. The fourth-order valence-corrected chi connectivity index (χ4v) is 2.63. The Morgan fingerprint density at radius 2 is 2.18 bits per heavy atom. The van der Waals surface area contributed by atoms with Gasteiger partial charge in [0.25, 0.3) is 0 Å². The number of hydrogen-bond acceptors (Lipinski definition) is 4. The minimum absolute atomic E-state index is 0.0714. The molecule has 0 radical (unpaired) electrons. The van der Waals surface area contributed by atoms with Crippen LogP contribution in [0.15, 0.2) is 18.2 Å². The number of nitrogens with zero attached hydrogens (tertiary/aromatic N) is 2. The highest BCUT2D eigenvalue weighted by atomic mass is 19.1. The number of benzene rings is 1. The normalized spacial score (nSPS) is 17.9. The van der Waals surface area contributed by atoms with Gasteiger partial charge in [0.15, 0.2) is 0 Å². The van der Waals surface area contributed by atoms with Crippen LogP contribution in [0.4, 0.5) is 10.1 Å². The van der Waals surface area contributed by atoms with Crippen LogP contribution in [-0.4, -0.2) is 33.9 Å². The molecule has 0 bridgehead atoms. The van der Waals surface area contributed by atoms with E-state index in [1.54, 1.807) is 6.07 Å². The maximum Gasteiger partial charge on any atom is 0.305 e. The second-order valence-electron chi connectivity index (χ2n) is 6.26. The Hall–Kier alpha value is -1.99. The highest BCUT2D eigenvalue weighted by molar-refractivity contribution is 5.84. The number of epoxide rings is 1. The lowest BCUT2D eigenvalue weighted by molar-refractivity contribution is -0.387. The molecule has 3 rings (SSSR count). The molecule has 0 spiro atoms. The number of fused-ring (bicyclic) bond motifs is 1. The molecule has 6 nitrogen and oxygen atoms in total. The number of aliphatic hydroxyl groups excluding tert-OH is 1. The predicted molar refractivity (Wildman–Crippen MR) is 78.4 cm³/mol. The van der Waals surface area contributed by atoms with Gasteiger partial charge in [0, 0.05) is 28.6 Å². The van der Waals surface area contributed by atoms with Crippen LogP contribution in [0.5, 0.6) is 0 Å². The van der Waals surface area contributed by atoms with Crippen LogP contribution in [0.25, 0.3) is 10.9 Å². The van der Waals surface area contributed by atoms with E-state index >= 15 is 0 Å². The molecule has 118 valence electrons. The Bertz CT molecular complexity index is 750. The monoisotopic (exact) mass is 308 g/mol. The summed E-state index contributed by atoms with van der Waals surface area (Å²) in [6.45, 7) is 4.85. The molecule has 1 aliphatic rings. The maximum atomic E-state index is 14.0. The van der Waals surface area contributed by atoms with Crippen molar-refractivity contribution in [1.29, 1.82) is 0 Å². The van der Waals surface area contributed by atoms with E-state index in [9.17, 15) is 19.6 Å². The van der Waals surface area contributed by atoms with Crippen LogP contribution in [-0.2, 0) is 16.7 Å². The van der Waals surface area contributed by atoms with Crippen molar-refractivity contribution in [3.63, 3.8) is 0 Å². The van der Waals surface area contributed by atoms with Gasteiger partial charge in [-0.25, -0.2) is 0 Å². The standard InChI is InChI=1S/C15H17FN2O4/c1-15(2,8-19)14-4-9-3-13(18(20)21)11(16)5-12(9)17(14)6-10-7-22-10/h3-5,10,19H,6-8H2,1-2H3/t10-/m0/s1. The summed E-state index contributed by atoms with van der Waals surface area (Å²) in [5, 5.41) is 21.1. The molecule has 1 aromatic carbocycles. The number of nitro benzene ring substituents is 1. The molecular formula is C15H17FN2O4. The van der Waals surface area contributed by atoms with Gasteiger partial charge in [0.1, 0.15) is 0 Å². The first-order valence-corrected chi connectivity index (χ1v) is 7.03. The second kappa shape index (κ2) is 5.03. The van der Waals surface area contributed by atoms with Crippen LogP contribution in [0.2, 0.25) is 0 Å². The van der Waals surface area contributed by atoms with Crippen molar-refractivity contribution in [2.45, 2.75) is 31.9 Å². The van der Waals surface area contributed by atoms with Gasteiger partial charge in [-0.2, -0.15) is 4.39 Å². The molecular weight excluding hydrogens is 291 g/mol. The molecule has 1 atom stereocenters. The molecule has 1 N–H and O–H groups in total. The van der Waals surface area contributed by atoms with Crippen molar-refractivity contribution in [1.82, 2.24) is 4.57 Å². The molecule has 1 saturated heterocycles. The quantitative estimate of drug-likeness (QED) is 0.522. The van der Waals surface area contributed by atoms with Gasteiger partial charge in [-0.3, -0.25) is 10.1 Å². The first-order chi connectivity index (χ1) is 10.3. The molecule has 22 heavy (non-hydrogen) atoms. The van der Waals surface area contributed by atoms with Crippen molar-refractivity contribution in [2.24, 2.45) is 0 Å². The largest absolute Gasteiger partial charge is 0.395 e. The summed E-state index contributed by atoms with van der Waals surface area (Å²) in [5.74, 6) is -0.859. The van der Waals surface area contributed by atoms with Crippen LogP contribution in [0.3, 0.4) is 0 Å². The number of aromatic nitrogens is 1. The number of hydrogen-bond donors (Lipinski definition) is 1. The van der Waals surface area contributed by atoms with E-state index < -0.39 is 21.8 Å². The lowest BCUT2D eigenvalue weighted by atomic mass is 9.90. The number of nitro groups is 1. The summed E-state index contributed by atoms with van der Waals surface area (Å²) in [4.78, 5) is 10.2. The molecule has 2 heterocycles. The summed E-state index contributed by atoms with van der Waals surface area (Å²) in [7, 11) is 0. The zero-order chi connectivity index (χ0) is 16.1. The molecule has 1 fully saturated rings. The van der Waals surface area contributed by atoms with Gasteiger partial charge in [0.2, 0.25) is 5.82 Å². The molecule has 1 aliphatic heterocycles. The van der Waals surface area contributed by atoms with Gasteiger partial charge in [0.05, 0.1) is 36.3 Å². The van der Waals surface area contributed by atoms with E-state index in [4.69, 9.17) is 4.74 Å². The molecule has 7 heteroatoms. The van der Waals surface area contributed by atoms with E-state index in [1.807, 2.05) is 18.4 Å². The first-order valence-electron chi connectivity index (χ1n) is 7.03. The van der Waals surface area contributed by atoms with Gasteiger partial charge >= 0.3 is 5.69 Å².